The highest BCUT2D eigenvalue weighted by Crippen LogP contribution is 2.02. The number of primary amides is 1. The molecule has 0 aliphatic heterocycles. The molecule has 0 spiro atoms. The molecule has 16 heavy (non-hydrogen) atoms. The maximum absolute atomic E-state index is 11.2. The first kappa shape index (κ1) is 15.0. The number of carboxylic acids is 1. The summed E-state index contributed by atoms with van der Waals surface area (Å²) in [5.41, 5.74) is 4.87. The molecule has 0 aromatic carbocycles. The lowest BCUT2D eigenvalue weighted by molar-refractivity contribution is -0.142. The Hall–Kier alpha value is -1.01. The Morgan fingerprint density at radius 1 is 1.38 bits per heavy atom. The van der Waals surface area contributed by atoms with Crippen molar-refractivity contribution in [2.24, 2.45) is 5.73 Å². The molecule has 0 heterocycles. The van der Waals surface area contributed by atoms with Crippen LogP contribution in [0.4, 0.5) is 0 Å². The molecule has 0 aliphatic rings. The lowest BCUT2D eigenvalue weighted by Gasteiger charge is -2.15. The van der Waals surface area contributed by atoms with Crippen LogP contribution in [-0.4, -0.2) is 40.2 Å². The van der Waals surface area contributed by atoms with Gasteiger partial charge in [0.1, 0.15) is 11.4 Å². The summed E-state index contributed by atoms with van der Waals surface area (Å²) in [5.74, 6) is -2.71. The number of hydrogen-bond donors (Lipinski definition) is 3. The van der Waals surface area contributed by atoms with Crippen molar-refractivity contribution in [2.75, 3.05) is 5.88 Å². The lowest BCUT2D eigenvalue weighted by Crippen LogP contribution is -2.45. The molecular formula is C8H12Cl2N2O4. The number of carbonyl (C=O) groups is 3. The molecule has 0 rings (SSSR count). The topological polar surface area (TPSA) is 109 Å². The van der Waals surface area contributed by atoms with Crippen LogP contribution in [0.1, 0.15) is 12.8 Å². The largest absolute Gasteiger partial charge is 0.480 e. The third kappa shape index (κ3) is 5.77. The lowest BCUT2D eigenvalue weighted by atomic mass is 10.1. The summed E-state index contributed by atoms with van der Waals surface area (Å²) in [6, 6.07) is -1.19. The van der Waals surface area contributed by atoms with Crippen molar-refractivity contribution in [3.8, 4) is 0 Å². The molecule has 92 valence electrons. The molecule has 0 aromatic rings. The van der Waals surface area contributed by atoms with Crippen LogP contribution < -0.4 is 11.1 Å². The number of alkyl halides is 2. The van der Waals surface area contributed by atoms with E-state index in [2.05, 4.69) is 5.32 Å². The van der Waals surface area contributed by atoms with Crippen LogP contribution in [0.3, 0.4) is 0 Å². The summed E-state index contributed by atoms with van der Waals surface area (Å²) in [6.07, 6.45) is -0.215. The Morgan fingerprint density at radius 2 is 1.94 bits per heavy atom. The van der Waals surface area contributed by atoms with Gasteiger partial charge in [0.2, 0.25) is 11.8 Å². The van der Waals surface area contributed by atoms with Gasteiger partial charge < -0.3 is 16.2 Å². The maximum Gasteiger partial charge on any atom is 0.326 e. The van der Waals surface area contributed by atoms with Gasteiger partial charge in [-0.25, -0.2) is 4.79 Å². The molecular weight excluding hydrogens is 259 g/mol. The van der Waals surface area contributed by atoms with Crippen molar-refractivity contribution in [3.05, 3.63) is 0 Å². The fourth-order valence-corrected chi connectivity index (χ4v) is 1.08. The normalized spacial score (nSPS) is 13.9. The quantitative estimate of drug-likeness (QED) is 0.550. The molecule has 0 saturated heterocycles. The first-order valence-corrected chi connectivity index (χ1v) is 5.37. The van der Waals surface area contributed by atoms with E-state index in [1.54, 1.807) is 0 Å². The summed E-state index contributed by atoms with van der Waals surface area (Å²) in [5, 5.41) is 9.90. The van der Waals surface area contributed by atoms with Crippen molar-refractivity contribution in [1.82, 2.24) is 5.32 Å². The van der Waals surface area contributed by atoms with Crippen LogP contribution in [0, 0.1) is 0 Å². The molecule has 0 fully saturated rings. The summed E-state index contributed by atoms with van der Waals surface area (Å²) in [6.45, 7) is 0. The van der Waals surface area contributed by atoms with Crippen LogP contribution in [0.25, 0.3) is 0 Å². The van der Waals surface area contributed by atoms with Gasteiger partial charge in [0.25, 0.3) is 0 Å². The van der Waals surface area contributed by atoms with Crippen molar-refractivity contribution >= 4 is 41.0 Å². The Balaban J connectivity index is 4.28. The van der Waals surface area contributed by atoms with Crippen molar-refractivity contribution in [2.45, 2.75) is 24.3 Å². The first-order valence-electron chi connectivity index (χ1n) is 4.40. The van der Waals surface area contributed by atoms with Crippen molar-refractivity contribution < 1.29 is 19.5 Å². The Labute approximate surface area is 102 Å². The van der Waals surface area contributed by atoms with Gasteiger partial charge in [0, 0.05) is 12.3 Å². The average Bonchev–Trinajstić information content (AvgIpc) is 2.21. The molecule has 0 bridgehead atoms. The Kier molecular flexibility index (Phi) is 6.83. The van der Waals surface area contributed by atoms with E-state index in [9.17, 15) is 14.4 Å². The van der Waals surface area contributed by atoms with Gasteiger partial charge in [-0.15, -0.1) is 23.2 Å². The predicted molar refractivity (Wildman–Crippen MR) is 58.4 cm³/mol. The zero-order valence-electron chi connectivity index (χ0n) is 8.28. The summed E-state index contributed by atoms with van der Waals surface area (Å²) < 4.78 is 0. The zero-order chi connectivity index (χ0) is 12.7. The molecule has 0 radical (unpaired) electrons. The SMILES string of the molecule is NC(=O)CCC(NC(=O)C(Cl)CCl)C(=O)O. The Morgan fingerprint density at radius 3 is 2.31 bits per heavy atom. The second-order valence-corrected chi connectivity index (χ2v) is 3.86. The number of nitrogens with two attached hydrogens (primary N) is 1. The maximum atomic E-state index is 11.2. The van der Waals surface area contributed by atoms with E-state index in [0.717, 1.165) is 0 Å². The molecule has 0 saturated carbocycles. The monoisotopic (exact) mass is 270 g/mol. The minimum atomic E-state index is -1.26. The number of rotatable bonds is 7. The molecule has 2 atom stereocenters. The second-order valence-electron chi connectivity index (χ2n) is 3.03. The minimum Gasteiger partial charge on any atom is -0.480 e. The van der Waals surface area contributed by atoms with Crippen LogP contribution in [0.15, 0.2) is 0 Å². The number of amides is 2. The number of nitrogens with one attached hydrogen (secondary N) is 1. The molecule has 4 N–H and O–H groups in total. The minimum absolute atomic E-state index is 0.0811. The number of carboxylic acid groups (broad SMARTS) is 1. The summed E-state index contributed by atoms with van der Waals surface area (Å²) in [7, 11) is 0. The summed E-state index contributed by atoms with van der Waals surface area (Å²) in [4.78, 5) is 32.4. The zero-order valence-corrected chi connectivity index (χ0v) is 9.79. The number of carbonyl (C=O) groups excluding carboxylic acids is 2. The predicted octanol–water partition coefficient (Wildman–Crippen LogP) is -0.333. The van der Waals surface area contributed by atoms with Crippen molar-refractivity contribution in [1.29, 1.82) is 0 Å². The van der Waals surface area contributed by atoms with E-state index in [1.165, 1.54) is 0 Å². The van der Waals surface area contributed by atoms with E-state index in [0.29, 0.717) is 0 Å². The molecule has 6 nitrogen and oxygen atoms in total. The van der Waals surface area contributed by atoms with Gasteiger partial charge in [-0.05, 0) is 6.42 Å². The highest BCUT2D eigenvalue weighted by molar-refractivity contribution is 6.36. The van der Waals surface area contributed by atoms with E-state index < -0.39 is 29.2 Å². The molecule has 0 aliphatic carbocycles. The highest BCUT2D eigenvalue weighted by Gasteiger charge is 2.23. The average molecular weight is 271 g/mol. The van der Waals surface area contributed by atoms with Crippen LogP contribution in [0.2, 0.25) is 0 Å². The van der Waals surface area contributed by atoms with E-state index in [-0.39, 0.29) is 18.7 Å². The third-order valence-electron chi connectivity index (χ3n) is 1.71. The smallest absolute Gasteiger partial charge is 0.326 e. The number of hydrogen-bond acceptors (Lipinski definition) is 3. The second kappa shape index (κ2) is 7.29. The molecule has 8 heteroatoms. The standard InChI is InChI=1S/C8H12Cl2N2O4/c9-3-4(10)7(14)12-5(8(15)16)1-2-6(11)13/h4-5H,1-3H2,(H2,11,13)(H,12,14)(H,15,16). The van der Waals surface area contributed by atoms with Crippen LogP contribution in [-0.2, 0) is 14.4 Å². The van der Waals surface area contributed by atoms with Gasteiger partial charge in [0.05, 0.1) is 0 Å². The third-order valence-corrected chi connectivity index (χ3v) is 2.53. The molecule has 0 aromatic heterocycles. The van der Waals surface area contributed by atoms with Gasteiger partial charge in [-0.1, -0.05) is 0 Å². The Bertz CT molecular complexity index is 285. The fraction of sp³-hybridized carbons (Fsp3) is 0.625. The first-order chi connectivity index (χ1) is 7.38. The highest BCUT2D eigenvalue weighted by atomic mass is 35.5. The van der Waals surface area contributed by atoms with Gasteiger partial charge in [-0.2, -0.15) is 0 Å². The molecule has 2 unspecified atom stereocenters. The van der Waals surface area contributed by atoms with Gasteiger partial charge >= 0.3 is 5.97 Å². The summed E-state index contributed by atoms with van der Waals surface area (Å²) >= 11 is 10.8. The van der Waals surface area contributed by atoms with E-state index in [4.69, 9.17) is 34.0 Å². The number of aliphatic carboxylic acids is 1. The van der Waals surface area contributed by atoms with Crippen molar-refractivity contribution in [3.63, 3.8) is 0 Å². The van der Waals surface area contributed by atoms with E-state index >= 15 is 0 Å². The van der Waals surface area contributed by atoms with Crippen LogP contribution in [0.5, 0.6) is 0 Å². The van der Waals surface area contributed by atoms with Gasteiger partial charge in [-0.3, -0.25) is 9.59 Å². The van der Waals surface area contributed by atoms with E-state index in [1.807, 2.05) is 0 Å². The fourth-order valence-electron chi connectivity index (χ4n) is 0.876. The number of halogens is 2. The molecule has 2 amide bonds. The van der Waals surface area contributed by atoms with Crippen LogP contribution >= 0.6 is 23.2 Å². The van der Waals surface area contributed by atoms with Gasteiger partial charge in [0.15, 0.2) is 0 Å².